The van der Waals surface area contributed by atoms with E-state index >= 15 is 0 Å². The first-order chi connectivity index (χ1) is 6.77. The van der Waals surface area contributed by atoms with Gasteiger partial charge in [0, 0.05) is 32.4 Å². The summed E-state index contributed by atoms with van der Waals surface area (Å²) in [6, 6.07) is 0. The van der Waals surface area contributed by atoms with Crippen molar-refractivity contribution in [1.29, 1.82) is 0 Å². The van der Waals surface area contributed by atoms with E-state index in [0.29, 0.717) is 0 Å². The van der Waals surface area contributed by atoms with Gasteiger partial charge < -0.3 is 9.88 Å². The lowest BCUT2D eigenvalue weighted by molar-refractivity contribution is 0.654. The SMILES string of the molecule is CC1=C(Cc2nccn2C)CNCC1. The zero-order valence-electron chi connectivity index (χ0n) is 8.88. The van der Waals surface area contributed by atoms with Gasteiger partial charge in [0.2, 0.25) is 0 Å². The first-order valence-corrected chi connectivity index (χ1v) is 5.12. The third-order valence-corrected chi connectivity index (χ3v) is 2.91. The Morgan fingerprint density at radius 3 is 3.07 bits per heavy atom. The van der Waals surface area contributed by atoms with E-state index in [1.54, 1.807) is 0 Å². The van der Waals surface area contributed by atoms with E-state index < -0.39 is 0 Å². The van der Waals surface area contributed by atoms with Crippen molar-refractivity contribution in [3.05, 3.63) is 29.4 Å². The van der Waals surface area contributed by atoms with Gasteiger partial charge in [-0.1, -0.05) is 5.57 Å². The molecule has 0 unspecified atom stereocenters. The zero-order chi connectivity index (χ0) is 9.97. The molecule has 76 valence electrons. The highest BCUT2D eigenvalue weighted by atomic mass is 15.0. The summed E-state index contributed by atoms with van der Waals surface area (Å²) >= 11 is 0. The Morgan fingerprint density at radius 2 is 2.43 bits per heavy atom. The van der Waals surface area contributed by atoms with E-state index in [4.69, 9.17) is 0 Å². The standard InChI is InChI=1S/C11H17N3/c1-9-3-4-12-8-10(9)7-11-13-5-6-14(11)2/h5-6,12H,3-4,7-8H2,1-2H3. The summed E-state index contributed by atoms with van der Waals surface area (Å²) < 4.78 is 2.09. The first-order valence-electron chi connectivity index (χ1n) is 5.12. The summed E-state index contributed by atoms with van der Waals surface area (Å²) in [5, 5.41) is 3.40. The summed E-state index contributed by atoms with van der Waals surface area (Å²) in [5.41, 5.74) is 3.04. The van der Waals surface area contributed by atoms with Gasteiger partial charge >= 0.3 is 0 Å². The highest BCUT2D eigenvalue weighted by molar-refractivity contribution is 5.21. The van der Waals surface area contributed by atoms with Crippen LogP contribution in [0.15, 0.2) is 23.5 Å². The summed E-state index contributed by atoms with van der Waals surface area (Å²) in [4.78, 5) is 4.35. The molecule has 14 heavy (non-hydrogen) atoms. The van der Waals surface area contributed by atoms with Crippen molar-refractivity contribution >= 4 is 0 Å². The molecule has 0 amide bonds. The van der Waals surface area contributed by atoms with Crippen LogP contribution in [-0.4, -0.2) is 22.6 Å². The topological polar surface area (TPSA) is 29.9 Å². The molecule has 0 bridgehead atoms. The van der Waals surface area contributed by atoms with E-state index in [-0.39, 0.29) is 0 Å². The average molecular weight is 191 g/mol. The molecule has 1 aromatic rings. The quantitative estimate of drug-likeness (QED) is 0.713. The third kappa shape index (κ3) is 1.87. The summed E-state index contributed by atoms with van der Waals surface area (Å²) in [7, 11) is 2.05. The van der Waals surface area contributed by atoms with Crippen LogP contribution in [0, 0.1) is 0 Å². The Hall–Kier alpha value is -1.09. The average Bonchev–Trinajstić information content (AvgIpc) is 2.56. The van der Waals surface area contributed by atoms with Gasteiger partial charge in [0.15, 0.2) is 0 Å². The molecule has 0 radical (unpaired) electrons. The van der Waals surface area contributed by atoms with Gasteiger partial charge in [-0.3, -0.25) is 0 Å². The molecule has 0 fully saturated rings. The van der Waals surface area contributed by atoms with Crippen LogP contribution in [0.5, 0.6) is 0 Å². The number of hydrogen-bond acceptors (Lipinski definition) is 2. The number of nitrogens with one attached hydrogen (secondary N) is 1. The van der Waals surface area contributed by atoms with Gasteiger partial charge in [-0.2, -0.15) is 0 Å². The molecule has 0 atom stereocenters. The number of aromatic nitrogens is 2. The lowest BCUT2D eigenvalue weighted by atomic mass is 10.00. The molecule has 1 aliphatic rings. The molecule has 3 heteroatoms. The molecule has 1 aromatic heterocycles. The van der Waals surface area contributed by atoms with Crippen molar-refractivity contribution in [3.8, 4) is 0 Å². The van der Waals surface area contributed by atoms with Crippen LogP contribution >= 0.6 is 0 Å². The minimum atomic E-state index is 0.988. The van der Waals surface area contributed by atoms with Gasteiger partial charge in [0.05, 0.1) is 0 Å². The molecular weight excluding hydrogens is 174 g/mol. The van der Waals surface area contributed by atoms with Crippen LogP contribution in [-0.2, 0) is 13.5 Å². The van der Waals surface area contributed by atoms with Gasteiger partial charge in [0.25, 0.3) is 0 Å². The molecule has 0 spiro atoms. The van der Waals surface area contributed by atoms with Gasteiger partial charge in [-0.15, -0.1) is 0 Å². The fourth-order valence-electron chi connectivity index (χ4n) is 1.81. The molecule has 2 rings (SSSR count). The van der Waals surface area contributed by atoms with Crippen LogP contribution < -0.4 is 5.32 Å². The van der Waals surface area contributed by atoms with Gasteiger partial charge in [-0.05, 0) is 25.5 Å². The van der Waals surface area contributed by atoms with Crippen LogP contribution in [0.25, 0.3) is 0 Å². The van der Waals surface area contributed by atoms with Gasteiger partial charge in [0.1, 0.15) is 5.82 Å². The molecule has 0 saturated carbocycles. The molecule has 1 aliphatic heterocycles. The Kier molecular flexibility index (Phi) is 2.68. The molecule has 0 saturated heterocycles. The summed E-state index contributed by atoms with van der Waals surface area (Å²) in [6.45, 7) is 4.38. The molecule has 1 N–H and O–H groups in total. The number of imidazole rings is 1. The Labute approximate surface area is 84.8 Å². The van der Waals surface area contributed by atoms with Crippen molar-refractivity contribution in [1.82, 2.24) is 14.9 Å². The molecular formula is C11H17N3. The normalized spacial score (nSPS) is 17.6. The Morgan fingerprint density at radius 1 is 1.57 bits per heavy atom. The van der Waals surface area contributed by atoms with E-state index in [9.17, 15) is 0 Å². The number of rotatable bonds is 2. The maximum atomic E-state index is 4.35. The second kappa shape index (κ2) is 3.96. The monoisotopic (exact) mass is 191 g/mol. The Balaban J connectivity index is 2.14. The predicted octanol–water partition coefficient (Wildman–Crippen LogP) is 1.27. The van der Waals surface area contributed by atoms with E-state index in [2.05, 4.69) is 28.8 Å². The number of nitrogens with zero attached hydrogens (tertiary/aromatic N) is 2. The minimum Gasteiger partial charge on any atom is -0.338 e. The zero-order valence-corrected chi connectivity index (χ0v) is 8.88. The fraction of sp³-hybridized carbons (Fsp3) is 0.545. The smallest absolute Gasteiger partial charge is 0.112 e. The Bertz CT molecular complexity index is 349. The lowest BCUT2D eigenvalue weighted by Gasteiger charge is -2.18. The second-order valence-electron chi connectivity index (χ2n) is 3.94. The van der Waals surface area contributed by atoms with Crippen molar-refractivity contribution in [2.45, 2.75) is 19.8 Å². The van der Waals surface area contributed by atoms with Crippen LogP contribution in [0.4, 0.5) is 0 Å². The van der Waals surface area contributed by atoms with Crippen molar-refractivity contribution < 1.29 is 0 Å². The van der Waals surface area contributed by atoms with E-state index in [1.807, 2.05) is 12.4 Å². The largest absolute Gasteiger partial charge is 0.338 e. The fourth-order valence-corrected chi connectivity index (χ4v) is 1.81. The highest BCUT2D eigenvalue weighted by Crippen LogP contribution is 2.15. The number of hydrogen-bond donors (Lipinski definition) is 1. The third-order valence-electron chi connectivity index (χ3n) is 2.91. The van der Waals surface area contributed by atoms with Crippen molar-refractivity contribution in [3.63, 3.8) is 0 Å². The highest BCUT2D eigenvalue weighted by Gasteiger charge is 2.10. The minimum absolute atomic E-state index is 0.988. The lowest BCUT2D eigenvalue weighted by Crippen LogP contribution is -2.25. The van der Waals surface area contributed by atoms with Crippen LogP contribution in [0.1, 0.15) is 19.2 Å². The maximum Gasteiger partial charge on any atom is 0.112 e. The summed E-state index contributed by atoms with van der Waals surface area (Å²) in [6.07, 6.45) is 6.03. The van der Waals surface area contributed by atoms with Crippen LogP contribution in [0.2, 0.25) is 0 Å². The first kappa shape index (κ1) is 9.46. The van der Waals surface area contributed by atoms with Crippen molar-refractivity contribution in [2.75, 3.05) is 13.1 Å². The molecule has 2 heterocycles. The van der Waals surface area contributed by atoms with Crippen molar-refractivity contribution in [2.24, 2.45) is 7.05 Å². The maximum absolute atomic E-state index is 4.35. The van der Waals surface area contributed by atoms with Gasteiger partial charge in [-0.25, -0.2) is 4.98 Å². The summed E-state index contributed by atoms with van der Waals surface area (Å²) in [5.74, 6) is 1.16. The molecule has 3 nitrogen and oxygen atoms in total. The van der Waals surface area contributed by atoms with Crippen LogP contribution in [0.3, 0.4) is 0 Å². The predicted molar refractivity (Wildman–Crippen MR) is 57.1 cm³/mol. The molecule has 0 aliphatic carbocycles. The second-order valence-corrected chi connectivity index (χ2v) is 3.94. The van der Waals surface area contributed by atoms with E-state index in [1.165, 1.54) is 17.6 Å². The van der Waals surface area contributed by atoms with E-state index in [0.717, 1.165) is 25.3 Å². The number of aryl methyl sites for hydroxylation is 1. The molecule has 0 aromatic carbocycles.